The van der Waals surface area contributed by atoms with E-state index in [1.165, 1.54) is 6.07 Å². The van der Waals surface area contributed by atoms with Gasteiger partial charge < -0.3 is 15.6 Å². The first-order chi connectivity index (χ1) is 12.2. The summed E-state index contributed by atoms with van der Waals surface area (Å²) in [5, 5.41) is 2.34. The Morgan fingerprint density at radius 1 is 1.46 bits per heavy atom. The van der Waals surface area contributed by atoms with Gasteiger partial charge in [-0.15, -0.1) is 11.3 Å². The minimum atomic E-state index is -2.85. The predicted octanol–water partition coefficient (Wildman–Crippen LogP) is 2.92. The zero-order chi connectivity index (χ0) is 19.4. The third-order valence-corrected chi connectivity index (χ3v) is 4.34. The smallest absolute Gasteiger partial charge is 0.286 e. The predicted molar refractivity (Wildman–Crippen MR) is 94.5 cm³/mol. The molecule has 1 atom stereocenters. The molecule has 0 aliphatic carbocycles. The molecule has 0 aliphatic rings. The maximum Gasteiger partial charge on any atom is 0.286 e. The number of hydrogen-bond donors (Lipinski definition) is 2. The fourth-order valence-electron chi connectivity index (χ4n) is 1.90. The van der Waals surface area contributed by atoms with E-state index in [9.17, 15) is 22.8 Å². The molecule has 3 N–H and O–H groups in total. The zero-order valence-corrected chi connectivity index (χ0v) is 14.9. The summed E-state index contributed by atoms with van der Waals surface area (Å²) in [6, 6.07) is 1.82. The Labute approximate surface area is 155 Å². The third kappa shape index (κ3) is 5.11. The van der Waals surface area contributed by atoms with Crippen molar-refractivity contribution in [1.82, 2.24) is 4.57 Å². The molecule has 0 saturated heterocycles. The van der Waals surface area contributed by atoms with Crippen LogP contribution >= 0.6 is 22.9 Å². The maximum atomic E-state index is 13.6. The van der Waals surface area contributed by atoms with Gasteiger partial charge in [0.25, 0.3) is 17.9 Å². The second-order valence-electron chi connectivity index (χ2n) is 5.24. The minimum absolute atomic E-state index is 0.138. The van der Waals surface area contributed by atoms with Crippen molar-refractivity contribution >= 4 is 34.5 Å². The molecule has 0 radical (unpaired) electrons. The van der Waals surface area contributed by atoms with E-state index in [-0.39, 0.29) is 20.9 Å². The van der Waals surface area contributed by atoms with E-state index in [1.807, 2.05) is 0 Å². The minimum Gasteiger partial charge on any atom is -0.320 e. The quantitative estimate of drug-likeness (QED) is 0.770. The van der Waals surface area contributed by atoms with Crippen molar-refractivity contribution in [2.24, 2.45) is 5.73 Å². The average Bonchev–Trinajstić information content (AvgIpc) is 2.91. The van der Waals surface area contributed by atoms with Crippen molar-refractivity contribution in [2.45, 2.75) is 25.9 Å². The Balaban J connectivity index is 2.25. The highest BCUT2D eigenvalue weighted by molar-refractivity contribution is 7.18. The van der Waals surface area contributed by atoms with Gasteiger partial charge in [-0.25, -0.2) is 13.2 Å². The number of rotatable bonds is 4. The van der Waals surface area contributed by atoms with Crippen LogP contribution in [-0.2, 0) is 6.54 Å². The summed E-state index contributed by atoms with van der Waals surface area (Å²) in [4.78, 5) is 23.9. The Kier molecular flexibility index (Phi) is 6.47. The van der Waals surface area contributed by atoms with Gasteiger partial charge in [-0.1, -0.05) is 23.4 Å². The number of nitrogens with one attached hydrogen (secondary N) is 1. The van der Waals surface area contributed by atoms with E-state index in [1.54, 1.807) is 6.92 Å². The molecule has 2 aromatic heterocycles. The lowest BCUT2D eigenvalue weighted by Crippen LogP contribution is -2.26. The molecular formula is C16H13ClF3N3O2S. The maximum absolute atomic E-state index is 13.6. The first kappa shape index (κ1) is 20.0. The highest BCUT2D eigenvalue weighted by Crippen LogP contribution is 2.27. The summed E-state index contributed by atoms with van der Waals surface area (Å²) in [6.45, 7) is 0.699. The van der Waals surface area contributed by atoms with Gasteiger partial charge in [-0.3, -0.25) is 9.59 Å². The van der Waals surface area contributed by atoms with Crippen molar-refractivity contribution in [3.63, 3.8) is 0 Å². The van der Waals surface area contributed by atoms with Crippen molar-refractivity contribution < 1.29 is 18.0 Å². The van der Waals surface area contributed by atoms with Gasteiger partial charge in [0.15, 0.2) is 5.82 Å². The Hall–Kier alpha value is -2.28. The molecule has 10 heteroatoms. The molecule has 0 bridgehead atoms. The largest absolute Gasteiger partial charge is 0.320 e. The van der Waals surface area contributed by atoms with Crippen LogP contribution in [-0.4, -0.2) is 22.9 Å². The van der Waals surface area contributed by atoms with Crippen molar-refractivity contribution in [3.8, 4) is 11.8 Å². The number of hydrogen-bond acceptors (Lipinski definition) is 4. The number of nitrogens with zero attached hydrogens (tertiary/aromatic N) is 1. The second kappa shape index (κ2) is 8.40. The summed E-state index contributed by atoms with van der Waals surface area (Å²) in [7, 11) is 0. The van der Waals surface area contributed by atoms with Crippen molar-refractivity contribution in [1.29, 1.82) is 0 Å². The highest BCUT2D eigenvalue weighted by Gasteiger charge is 2.16. The number of thiophene rings is 1. The number of carbonyl (C=O) groups excluding carboxylic acids is 1. The van der Waals surface area contributed by atoms with E-state index >= 15 is 0 Å². The van der Waals surface area contributed by atoms with E-state index < -0.39 is 30.3 Å². The lowest BCUT2D eigenvalue weighted by Gasteiger charge is -2.09. The van der Waals surface area contributed by atoms with Gasteiger partial charge in [0, 0.05) is 12.3 Å². The summed E-state index contributed by atoms with van der Waals surface area (Å²) in [5.41, 5.74) is 4.60. The average molecular weight is 404 g/mol. The van der Waals surface area contributed by atoms with Gasteiger partial charge >= 0.3 is 0 Å². The molecule has 0 aromatic carbocycles. The summed E-state index contributed by atoms with van der Waals surface area (Å²) < 4.78 is 39.3. The third-order valence-electron chi connectivity index (χ3n) is 2.98. The van der Waals surface area contributed by atoms with Crippen LogP contribution in [0, 0.1) is 17.7 Å². The molecule has 2 aromatic rings. The van der Waals surface area contributed by atoms with Gasteiger partial charge in [0.05, 0.1) is 28.7 Å². The Morgan fingerprint density at radius 3 is 2.77 bits per heavy atom. The van der Waals surface area contributed by atoms with Crippen LogP contribution in [0.15, 0.2) is 23.1 Å². The van der Waals surface area contributed by atoms with Gasteiger partial charge in [-0.2, -0.15) is 0 Å². The SMILES string of the molecule is CC(N)C#Cc1cc(C(=O)Nc2cc(F)c(=O)n(CC(F)F)c2)sc1Cl. The highest BCUT2D eigenvalue weighted by atomic mass is 35.5. The van der Waals surface area contributed by atoms with Crippen LogP contribution < -0.4 is 16.6 Å². The molecule has 0 aliphatic heterocycles. The number of alkyl halides is 2. The topological polar surface area (TPSA) is 77.1 Å². The van der Waals surface area contributed by atoms with Gasteiger partial charge in [0.2, 0.25) is 0 Å². The van der Waals surface area contributed by atoms with E-state index in [0.717, 1.165) is 23.6 Å². The van der Waals surface area contributed by atoms with E-state index in [2.05, 4.69) is 17.2 Å². The molecule has 0 fully saturated rings. The molecule has 2 heterocycles. The lowest BCUT2D eigenvalue weighted by molar-refractivity contribution is 0.103. The van der Waals surface area contributed by atoms with E-state index in [0.29, 0.717) is 10.1 Å². The first-order valence-electron chi connectivity index (χ1n) is 7.23. The summed E-state index contributed by atoms with van der Waals surface area (Å²) >= 11 is 6.95. The molecule has 138 valence electrons. The summed E-state index contributed by atoms with van der Waals surface area (Å²) in [6.07, 6.45) is -1.90. The number of aromatic nitrogens is 1. The fraction of sp³-hybridized carbons (Fsp3) is 0.250. The first-order valence-corrected chi connectivity index (χ1v) is 8.42. The van der Waals surface area contributed by atoms with Crippen LogP contribution in [0.5, 0.6) is 0 Å². The van der Waals surface area contributed by atoms with Crippen LogP contribution in [0.1, 0.15) is 22.2 Å². The molecule has 26 heavy (non-hydrogen) atoms. The number of nitrogens with two attached hydrogens (primary N) is 1. The van der Waals surface area contributed by atoms with Crippen molar-refractivity contribution in [3.05, 3.63) is 49.3 Å². The zero-order valence-electron chi connectivity index (χ0n) is 13.4. The Bertz CT molecular complexity index is 944. The monoisotopic (exact) mass is 403 g/mol. The lowest BCUT2D eigenvalue weighted by atomic mass is 10.2. The number of anilines is 1. The van der Waals surface area contributed by atoms with Crippen LogP contribution in [0.2, 0.25) is 4.34 Å². The number of halogens is 4. The number of pyridine rings is 1. The number of carbonyl (C=O) groups is 1. The molecule has 1 amide bonds. The van der Waals surface area contributed by atoms with Crippen LogP contribution in [0.25, 0.3) is 0 Å². The van der Waals surface area contributed by atoms with Crippen molar-refractivity contribution in [2.75, 3.05) is 5.32 Å². The summed E-state index contributed by atoms with van der Waals surface area (Å²) in [5.74, 6) is 3.54. The molecule has 0 spiro atoms. The normalized spacial score (nSPS) is 11.8. The van der Waals surface area contributed by atoms with Crippen LogP contribution in [0.3, 0.4) is 0 Å². The number of amides is 1. The van der Waals surface area contributed by atoms with Gasteiger partial charge in [0.1, 0.15) is 4.34 Å². The molecule has 0 saturated carbocycles. The molecule has 2 rings (SSSR count). The standard InChI is InChI=1S/C16H13ClF3N3O2S/c1-8(21)2-3-9-4-12(26-14(9)17)15(24)22-10-5-11(18)16(25)23(6-10)7-13(19)20/h4-6,8,13H,7,21H2,1H3,(H,22,24). The second-order valence-corrected chi connectivity index (χ2v) is 6.89. The molecule has 5 nitrogen and oxygen atoms in total. The fourth-order valence-corrected chi connectivity index (χ4v) is 2.99. The molecular weight excluding hydrogens is 391 g/mol. The Morgan fingerprint density at radius 2 is 2.15 bits per heavy atom. The molecule has 1 unspecified atom stereocenters. The van der Waals surface area contributed by atoms with E-state index in [4.69, 9.17) is 17.3 Å². The van der Waals surface area contributed by atoms with Gasteiger partial charge in [-0.05, 0) is 13.0 Å². The van der Waals surface area contributed by atoms with Crippen LogP contribution in [0.4, 0.5) is 18.9 Å².